The topological polar surface area (TPSA) is 15.3 Å². The van der Waals surface area contributed by atoms with Crippen molar-refractivity contribution < 1.29 is 0 Å². The van der Waals surface area contributed by atoms with Crippen LogP contribution in [0, 0.1) is 11.3 Å². The predicted octanol–water partition coefficient (Wildman–Crippen LogP) is 4.17. The highest BCUT2D eigenvalue weighted by Crippen LogP contribution is 2.28. The van der Waals surface area contributed by atoms with Crippen molar-refractivity contribution in [2.45, 2.75) is 40.5 Å². The molecule has 0 amide bonds. The Hall–Kier alpha value is -1.02. The number of anilines is 1. The van der Waals surface area contributed by atoms with Crippen LogP contribution in [0.25, 0.3) is 0 Å². The summed E-state index contributed by atoms with van der Waals surface area (Å²) in [6.45, 7) is 12.5. The van der Waals surface area contributed by atoms with E-state index in [0.717, 1.165) is 19.6 Å². The van der Waals surface area contributed by atoms with Gasteiger partial charge in [0.1, 0.15) is 0 Å². The van der Waals surface area contributed by atoms with Gasteiger partial charge in [0, 0.05) is 25.8 Å². The Bertz CT molecular complexity index is 355. The maximum Gasteiger partial charge on any atom is 0.0363 e. The smallest absolute Gasteiger partial charge is 0.0363 e. The minimum atomic E-state index is 0.361. The molecule has 0 spiro atoms. The number of nitrogens with zero attached hydrogens (tertiary/aromatic N) is 1. The monoisotopic (exact) mass is 276 g/mol. The number of benzene rings is 1. The van der Waals surface area contributed by atoms with E-state index in [1.54, 1.807) is 0 Å². The molecule has 0 aliphatic heterocycles. The molecule has 20 heavy (non-hydrogen) atoms. The average Bonchev–Trinajstić information content (AvgIpc) is 2.46. The van der Waals surface area contributed by atoms with Gasteiger partial charge < -0.3 is 10.2 Å². The Kier molecular flexibility index (Phi) is 7.08. The summed E-state index contributed by atoms with van der Waals surface area (Å²) < 4.78 is 0. The van der Waals surface area contributed by atoms with Crippen LogP contribution < -0.4 is 10.2 Å². The maximum atomic E-state index is 3.66. The first-order valence-corrected chi connectivity index (χ1v) is 8.00. The van der Waals surface area contributed by atoms with Gasteiger partial charge in [-0.15, -0.1) is 0 Å². The fourth-order valence-corrected chi connectivity index (χ4v) is 2.68. The summed E-state index contributed by atoms with van der Waals surface area (Å²) in [5, 5.41) is 3.66. The molecule has 0 fully saturated rings. The minimum absolute atomic E-state index is 0.361. The van der Waals surface area contributed by atoms with Crippen molar-refractivity contribution in [1.82, 2.24) is 5.32 Å². The lowest BCUT2D eigenvalue weighted by molar-refractivity contribution is 0.252. The fraction of sp³-hybridized carbons (Fsp3) is 0.667. The highest BCUT2D eigenvalue weighted by Gasteiger charge is 2.27. The molecule has 1 N–H and O–H groups in total. The SMILES string of the molecule is CCC(CC)(CNCC(C)C)CN(C)c1ccccc1. The largest absolute Gasteiger partial charge is 0.374 e. The molecular weight excluding hydrogens is 244 g/mol. The number of hydrogen-bond donors (Lipinski definition) is 1. The molecule has 1 rings (SSSR count). The second-order valence-corrected chi connectivity index (χ2v) is 6.42. The molecule has 114 valence electrons. The predicted molar refractivity (Wildman–Crippen MR) is 90.4 cm³/mol. The van der Waals surface area contributed by atoms with Gasteiger partial charge in [-0.05, 0) is 42.9 Å². The van der Waals surface area contributed by atoms with Gasteiger partial charge >= 0.3 is 0 Å². The molecule has 1 aromatic carbocycles. The van der Waals surface area contributed by atoms with E-state index in [9.17, 15) is 0 Å². The van der Waals surface area contributed by atoms with Crippen molar-refractivity contribution in [1.29, 1.82) is 0 Å². The van der Waals surface area contributed by atoms with Crippen LogP contribution in [-0.2, 0) is 0 Å². The van der Waals surface area contributed by atoms with Crippen molar-refractivity contribution in [3.63, 3.8) is 0 Å². The average molecular weight is 276 g/mol. The van der Waals surface area contributed by atoms with E-state index < -0.39 is 0 Å². The van der Waals surface area contributed by atoms with Gasteiger partial charge in [-0.2, -0.15) is 0 Å². The van der Waals surface area contributed by atoms with Crippen LogP contribution in [0.1, 0.15) is 40.5 Å². The molecule has 0 saturated heterocycles. The zero-order chi connectivity index (χ0) is 15.0. The van der Waals surface area contributed by atoms with E-state index in [1.165, 1.54) is 18.5 Å². The van der Waals surface area contributed by atoms with Gasteiger partial charge in [0.2, 0.25) is 0 Å². The maximum absolute atomic E-state index is 3.66. The molecule has 0 heterocycles. The Morgan fingerprint density at radius 2 is 1.70 bits per heavy atom. The molecule has 1 aromatic rings. The third-order valence-corrected chi connectivity index (χ3v) is 4.32. The summed E-state index contributed by atoms with van der Waals surface area (Å²) in [5.74, 6) is 0.716. The quantitative estimate of drug-likeness (QED) is 0.728. The molecule has 0 unspecified atom stereocenters. The van der Waals surface area contributed by atoms with Crippen LogP contribution in [0.3, 0.4) is 0 Å². The summed E-state index contributed by atoms with van der Waals surface area (Å²) in [5.41, 5.74) is 1.67. The first-order valence-electron chi connectivity index (χ1n) is 8.00. The molecule has 0 atom stereocenters. The molecule has 0 bridgehead atoms. The first-order chi connectivity index (χ1) is 9.53. The van der Waals surface area contributed by atoms with Crippen molar-refractivity contribution >= 4 is 5.69 Å². The number of nitrogens with one attached hydrogen (secondary N) is 1. The normalized spacial score (nSPS) is 11.9. The zero-order valence-corrected chi connectivity index (χ0v) is 13.9. The molecule has 2 nitrogen and oxygen atoms in total. The van der Waals surface area contributed by atoms with Crippen molar-refractivity contribution in [3.05, 3.63) is 30.3 Å². The fourth-order valence-electron chi connectivity index (χ4n) is 2.68. The van der Waals surface area contributed by atoms with Crippen molar-refractivity contribution in [2.75, 3.05) is 31.6 Å². The van der Waals surface area contributed by atoms with Crippen LogP contribution in [0.2, 0.25) is 0 Å². The summed E-state index contributed by atoms with van der Waals surface area (Å²) in [4.78, 5) is 2.39. The van der Waals surface area contributed by atoms with Gasteiger partial charge in [0.15, 0.2) is 0 Å². The molecule has 0 aliphatic rings. The van der Waals surface area contributed by atoms with E-state index in [1.807, 2.05) is 0 Å². The van der Waals surface area contributed by atoms with Crippen molar-refractivity contribution in [2.24, 2.45) is 11.3 Å². The summed E-state index contributed by atoms with van der Waals surface area (Å²) in [7, 11) is 2.21. The Balaban J connectivity index is 2.65. The molecular formula is C18H32N2. The standard InChI is InChI=1S/C18H32N2/c1-6-18(7-2,14-19-13-16(3)4)15-20(5)17-11-9-8-10-12-17/h8-12,16,19H,6-7,13-15H2,1-5H3. The lowest BCUT2D eigenvalue weighted by atomic mass is 9.81. The van der Waals surface area contributed by atoms with Crippen LogP contribution in [0.4, 0.5) is 5.69 Å². The zero-order valence-electron chi connectivity index (χ0n) is 13.9. The highest BCUT2D eigenvalue weighted by molar-refractivity contribution is 5.45. The van der Waals surface area contributed by atoms with Gasteiger partial charge in [0.05, 0.1) is 0 Å². The summed E-state index contributed by atoms with van der Waals surface area (Å²) in [6, 6.07) is 10.7. The minimum Gasteiger partial charge on any atom is -0.374 e. The van der Waals surface area contributed by atoms with Crippen LogP contribution in [0.15, 0.2) is 30.3 Å². The molecule has 0 aromatic heterocycles. The molecule has 0 radical (unpaired) electrons. The number of para-hydroxylation sites is 1. The highest BCUT2D eigenvalue weighted by atomic mass is 15.1. The second kappa shape index (κ2) is 8.31. The molecule has 0 aliphatic carbocycles. The Morgan fingerprint density at radius 1 is 1.10 bits per heavy atom. The van der Waals surface area contributed by atoms with E-state index in [2.05, 4.69) is 75.3 Å². The van der Waals surface area contributed by atoms with E-state index >= 15 is 0 Å². The van der Waals surface area contributed by atoms with Gasteiger partial charge in [-0.25, -0.2) is 0 Å². The van der Waals surface area contributed by atoms with Gasteiger partial charge in [0.25, 0.3) is 0 Å². The lowest BCUT2D eigenvalue weighted by Crippen LogP contribution is -2.43. The Labute approximate surface area is 125 Å². The third kappa shape index (κ3) is 5.16. The Morgan fingerprint density at radius 3 is 2.20 bits per heavy atom. The second-order valence-electron chi connectivity index (χ2n) is 6.42. The molecule has 0 saturated carbocycles. The number of hydrogen-bond acceptors (Lipinski definition) is 2. The summed E-state index contributed by atoms with van der Waals surface area (Å²) in [6.07, 6.45) is 2.43. The van der Waals surface area contributed by atoms with E-state index in [0.29, 0.717) is 11.3 Å². The third-order valence-electron chi connectivity index (χ3n) is 4.32. The van der Waals surface area contributed by atoms with Crippen molar-refractivity contribution in [3.8, 4) is 0 Å². The first kappa shape index (κ1) is 17.0. The van der Waals surface area contributed by atoms with Crippen LogP contribution >= 0.6 is 0 Å². The number of rotatable bonds is 9. The van der Waals surface area contributed by atoms with E-state index in [4.69, 9.17) is 0 Å². The van der Waals surface area contributed by atoms with Gasteiger partial charge in [-0.3, -0.25) is 0 Å². The van der Waals surface area contributed by atoms with Gasteiger partial charge in [-0.1, -0.05) is 45.9 Å². The van der Waals surface area contributed by atoms with E-state index in [-0.39, 0.29) is 0 Å². The summed E-state index contributed by atoms with van der Waals surface area (Å²) >= 11 is 0. The lowest BCUT2D eigenvalue weighted by Gasteiger charge is -2.37. The van der Waals surface area contributed by atoms with Crippen LogP contribution in [-0.4, -0.2) is 26.7 Å². The van der Waals surface area contributed by atoms with Crippen LogP contribution in [0.5, 0.6) is 0 Å². The molecule has 2 heteroatoms.